The number of hydrogen-bond donors (Lipinski definition) is 0. The first-order valence-electron chi connectivity index (χ1n) is 7.02. The Morgan fingerprint density at radius 2 is 2.14 bits per heavy atom. The van der Waals surface area contributed by atoms with E-state index < -0.39 is 5.97 Å². The summed E-state index contributed by atoms with van der Waals surface area (Å²) in [4.78, 5) is 24.7. The number of esters is 1. The lowest BCUT2D eigenvalue weighted by Crippen LogP contribution is -2.45. The number of amides is 1. The first-order chi connectivity index (χ1) is 10.7. The fraction of sp³-hybridized carbons (Fsp3) is 0.375. The number of rotatable bonds is 4. The van der Waals surface area contributed by atoms with Crippen LogP contribution in [-0.2, 0) is 25.6 Å². The minimum Gasteiger partial charge on any atom is -0.466 e. The number of carbonyl (C=O) groups is 2. The molecule has 0 spiro atoms. The van der Waals surface area contributed by atoms with E-state index in [0.717, 1.165) is 5.56 Å². The van der Waals surface area contributed by atoms with Crippen LogP contribution in [0.3, 0.4) is 0 Å². The van der Waals surface area contributed by atoms with E-state index in [-0.39, 0.29) is 18.8 Å². The summed E-state index contributed by atoms with van der Waals surface area (Å²) in [6.45, 7) is 1.45. The standard InChI is InChI=1S/C16H19NO5/c1-20-15(18)8-7-14-11-17(9-10-21-14)16(19)22-12-13-5-3-2-4-6-13/h2-8,14H,9-12H2,1H3/b8-7+. The van der Waals surface area contributed by atoms with Gasteiger partial charge in [-0.1, -0.05) is 30.3 Å². The van der Waals surface area contributed by atoms with Gasteiger partial charge in [-0.2, -0.15) is 0 Å². The van der Waals surface area contributed by atoms with Crippen LogP contribution < -0.4 is 0 Å². The highest BCUT2D eigenvalue weighted by Gasteiger charge is 2.23. The van der Waals surface area contributed by atoms with E-state index in [9.17, 15) is 9.59 Å². The second-order valence-corrected chi connectivity index (χ2v) is 4.78. The summed E-state index contributed by atoms with van der Waals surface area (Å²) in [5.41, 5.74) is 0.936. The highest BCUT2D eigenvalue weighted by molar-refractivity contribution is 5.81. The third-order valence-electron chi connectivity index (χ3n) is 3.20. The molecular weight excluding hydrogens is 286 g/mol. The van der Waals surface area contributed by atoms with Crippen molar-refractivity contribution in [1.82, 2.24) is 4.90 Å². The SMILES string of the molecule is COC(=O)/C=C/C1CN(C(=O)OCc2ccccc2)CCO1. The molecule has 1 aromatic carbocycles. The highest BCUT2D eigenvalue weighted by atomic mass is 16.6. The Morgan fingerprint density at radius 3 is 2.86 bits per heavy atom. The fourth-order valence-corrected chi connectivity index (χ4v) is 2.02. The fourth-order valence-electron chi connectivity index (χ4n) is 2.02. The summed E-state index contributed by atoms with van der Waals surface area (Å²) < 4.78 is 15.3. The van der Waals surface area contributed by atoms with E-state index in [1.54, 1.807) is 11.0 Å². The zero-order chi connectivity index (χ0) is 15.8. The molecule has 1 aromatic rings. The summed E-state index contributed by atoms with van der Waals surface area (Å²) in [5.74, 6) is -0.452. The van der Waals surface area contributed by atoms with Crippen LogP contribution in [0.1, 0.15) is 5.56 Å². The Balaban J connectivity index is 1.82. The van der Waals surface area contributed by atoms with Crippen LogP contribution in [0.4, 0.5) is 4.79 Å². The van der Waals surface area contributed by atoms with Crippen LogP contribution in [0.15, 0.2) is 42.5 Å². The highest BCUT2D eigenvalue weighted by Crippen LogP contribution is 2.10. The van der Waals surface area contributed by atoms with Gasteiger partial charge in [-0.3, -0.25) is 0 Å². The molecule has 1 amide bonds. The van der Waals surface area contributed by atoms with Crippen molar-refractivity contribution in [3.63, 3.8) is 0 Å². The molecule has 1 fully saturated rings. The minimum atomic E-state index is -0.452. The van der Waals surface area contributed by atoms with E-state index in [1.165, 1.54) is 13.2 Å². The van der Waals surface area contributed by atoms with Gasteiger partial charge in [0.25, 0.3) is 0 Å². The number of methoxy groups -OCH3 is 1. The van der Waals surface area contributed by atoms with E-state index in [2.05, 4.69) is 4.74 Å². The average Bonchev–Trinajstić information content (AvgIpc) is 2.58. The van der Waals surface area contributed by atoms with Gasteiger partial charge in [0.15, 0.2) is 0 Å². The molecule has 1 unspecified atom stereocenters. The van der Waals surface area contributed by atoms with Gasteiger partial charge in [0, 0.05) is 12.6 Å². The van der Waals surface area contributed by atoms with Gasteiger partial charge in [0.2, 0.25) is 0 Å². The molecule has 0 bridgehead atoms. The quantitative estimate of drug-likeness (QED) is 0.626. The summed E-state index contributed by atoms with van der Waals surface area (Å²) in [6.07, 6.45) is 2.16. The van der Waals surface area contributed by atoms with Gasteiger partial charge in [-0.05, 0) is 11.6 Å². The number of carbonyl (C=O) groups excluding carboxylic acids is 2. The molecular formula is C16H19NO5. The van der Waals surface area contributed by atoms with Gasteiger partial charge in [0.1, 0.15) is 6.61 Å². The molecule has 6 nitrogen and oxygen atoms in total. The lowest BCUT2D eigenvalue weighted by atomic mass is 10.2. The third kappa shape index (κ3) is 4.89. The molecule has 0 radical (unpaired) electrons. The average molecular weight is 305 g/mol. The Morgan fingerprint density at radius 1 is 1.36 bits per heavy atom. The molecule has 0 saturated carbocycles. The Labute approximate surface area is 129 Å². The van der Waals surface area contributed by atoms with Crippen LogP contribution in [-0.4, -0.2) is 49.9 Å². The second-order valence-electron chi connectivity index (χ2n) is 4.78. The predicted molar refractivity (Wildman–Crippen MR) is 79.1 cm³/mol. The molecule has 0 aromatic heterocycles. The second kappa shape index (κ2) is 8.19. The third-order valence-corrected chi connectivity index (χ3v) is 3.20. The molecule has 0 N–H and O–H groups in total. The van der Waals surface area contributed by atoms with Crippen molar-refractivity contribution < 1.29 is 23.8 Å². The van der Waals surface area contributed by atoms with E-state index in [1.807, 2.05) is 30.3 Å². The van der Waals surface area contributed by atoms with Crippen LogP contribution in [0, 0.1) is 0 Å². The first kappa shape index (κ1) is 16.0. The van der Waals surface area contributed by atoms with E-state index >= 15 is 0 Å². The largest absolute Gasteiger partial charge is 0.466 e. The lowest BCUT2D eigenvalue weighted by Gasteiger charge is -2.30. The van der Waals surface area contributed by atoms with Crippen LogP contribution in [0.2, 0.25) is 0 Å². The molecule has 1 saturated heterocycles. The van der Waals surface area contributed by atoms with Gasteiger partial charge in [-0.15, -0.1) is 0 Å². The van der Waals surface area contributed by atoms with Crippen molar-refractivity contribution in [3.8, 4) is 0 Å². The Hall–Kier alpha value is -2.34. The molecule has 2 rings (SSSR count). The van der Waals surface area contributed by atoms with Crippen LogP contribution in [0.5, 0.6) is 0 Å². The molecule has 1 aliphatic rings. The molecule has 6 heteroatoms. The van der Waals surface area contributed by atoms with E-state index in [4.69, 9.17) is 9.47 Å². The first-order valence-corrected chi connectivity index (χ1v) is 7.02. The zero-order valence-electron chi connectivity index (χ0n) is 12.4. The molecule has 1 atom stereocenters. The van der Waals surface area contributed by atoms with E-state index in [0.29, 0.717) is 19.7 Å². The number of benzene rings is 1. The Kier molecular flexibility index (Phi) is 5.97. The van der Waals surface area contributed by atoms with Crippen LogP contribution in [0.25, 0.3) is 0 Å². The monoisotopic (exact) mass is 305 g/mol. The molecule has 0 aliphatic carbocycles. The summed E-state index contributed by atoms with van der Waals surface area (Å²) in [5, 5.41) is 0. The number of nitrogens with zero attached hydrogens (tertiary/aromatic N) is 1. The van der Waals surface area contributed by atoms with Gasteiger partial charge < -0.3 is 19.1 Å². The minimum absolute atomic E-state index is 0.236. The van der Waals surface area contributed by atoms with Gasteiger partial charge in [-0.25, -0.2) is 9.59 Å². The summed E-state index contributed by atoms with van der Waals surface area (Å²) in [6, 6.07) is 9.49. The normalized spacial score (nSPS) is 18.2. The lowest BCUT2D eigenvalue weighted by molar-refractivity contribution is -0.134. The maximum Gasteiger partial charge on any atom is 0.410 e. The zero-order valence-corrected chi connectivity index (χ0v) is 12.4. The molecule has 22 heavy (non-hydrogen) atoms. The van der Waals surface area contributed by atoms with Gasteiger partial charge in [0.05, 0.1) is 26.4 Å². The number of ether oxygens (including phenoxy) is 3. The summed E-state index contributed by atoms with van der Waals surface area (Å²) >= 11 is 0. The molecule has 118 valence electrons. The van der Waals surface area contributed by atoms with Crippen molar-refractivity contribution in [1.29, 1.82) is 0 Å². The van der Waals surface area contributed by atoms with Crippen molar-refractivity contribution in [2.24, 2.45) is 0 Å². The maximum atomic E-state index is 12.0. The van der Waals surface area contributed by atoms with Crippen molar-refractivity contribution in [3.05, 3.63) is 48.0 Å². The molecule has 1 heterocycles. The predicted octanol–water partition coefficient (Wildman–Crippen LogP) is 1.75. The number of hydrogen-bond acceptors (Lipinski definition) is 5. The summed E-state index contributed by atoms with van der Waals surface area (Å²) in [7, 11) is 1.31. The van der Waals surface area contributed by atoms with Crippen LogP contribution >= 0.6 is 0 Å². The van der Waals surface area contributed by atoms with Gasteiger partial charge >= 0.3 is 12.1 Å². The van der Waals surface area contributed by atoms with Crippen molar-refractivity contribution >= 4 is 12.1 Å². The van der Waals surface area contributed by atoms with Crippen molar-refractivity contribution in [2.75, 3.05) is 26.8 Å². The number of morpholine rings is 1. The Bertz CT molecular complexity index is 529. The topological polar surface area (TPSA) is 65.1 Å². The maximum absolute atomic E-state index is 12.0. The molecule has 1 aliphatic heterocycles. The smallest absolute Gasteiger partial charge is 0.410 e. The van der Waals surface area contributed by atoms with Crippen molar-refractivity contribution in [2.45, 2.75) is 12.7 Å².